The van der Waals surface area contributed by atoms with Gasteiger partial charge in [-0.15, -0.1) is 11.3 Å². The molecule has 0 aliphatic rings. The van der Waals surface area contributed by atoms with E-state index in [1.807, 2.05) is 11.3 Å². The summed E-state index contributed by atoms with van der Waals surface area (Å²) in [6.07, 6.45) is 0. The Balaban J connectivity index is 0.992. The first-order valence-electron chi connectivity index (χ1n) is 21.1. The average molecular weight is 801 g/mol. The molecule has 292 valence electrons. The van der Waals surface area contributed by atoms with Crippen molar-refractivity contribution in [2.75, 3.05) is 4.90 Å². The fourth-order valence-electron chi connectivity index (χ4n) is 9.10. The molecule has 0 amide bonds. The molecule has 11 rings (SSSR count). The summed E-state index contributed by atoms with van der Waals surface area (Å²) in [6, 6.07) is 77.5. The molecule has 61 heavy (non-hydrogen) atoms. The van der Waals surface area contributed by atoms with Gasteiger partial charge in [-0.2, -0.15) is 0 Å². The standard InChI is InChI=1S/C58H44N2S/c1-58(2,3)52-21-12-19-49-50-20-13-23-55(57(50)61-56(49)52)60-53-22-11-10-18-48(53)51-38-44(30-37-54(51)60)43-28-35-47(36-29-43)59(45-31-24-41(25-32-45)39-14-6-4-7-15-39)46-33-26-42(27-34-46)40-16-8-5-9-17-40/h4-38H,1-3H3. The highest BCUT2D eigenvalue weighted by Gasteiger charge is 2.22. The molecule has 2 aromatic heterocycles. The van der Waals surface area contributed by atoms with E-state index in [9.17, 15) is 0 Å². The second-order valence-electron chi connectivity index (χ2n) is 17.0. The third kappa shape index (κ3) is 6.50. The van der Waals surface area contributed by atoms with Gasteiger partial charge >= 0.3 is 0 Å². The van der Waals surface area contributed by atoms with Crippen LogP contribution in [-0.4, -0.2) is 4.57 Å². The second kappa shape index (κ2) is 14.8. The SMILES string of the molecule is CC(C)(C)c1cccc2c1sc1c(-n3c4ccccc4c4cc(-c5ccc(N(c6ccc(-c7ccccc7)cc6)c6ccc(-c7ccccc7)cc6)cc5)ccc43)cccc12. The predicted octanol–water partition coefficient (Wildman–Crippen LogP) is 16.9. The van der Waals surface area contributed by atoms with Crippen molar-refractivity contribution in [2.24, 2.45) is 0 Å². The highest BCUT2D eigenvalue weighted by molar-refractivity contribution is 7.26. The van der Waals surface area contributed by atoms with Crippen molar-refractivity contribution in [3.63, 3.8) is 0 Å². The highest BCUT2D eigenvalue weighted by atomic mass is 32.1. The van der Waals surface area contributed by atoms with Gasteiger partial charge in [-0.1, -0.05) is 172 Å². The topological polar surface area (TPSA) is 8.17 Å². The number of aromatic nitrogens is 1. The maximum absolute atomic E-state index is 2.48. The Morgan fingerprint density at radius 2 is 0.803 bits per heavy atom. The number of hydrogen-bond acceptors (Lipinski definition) is 2. The fourth-order valence-corrected chi connectivity index (χ4v) is 10.6. The van der Waals surface area contributed by atoms with Gasteiger partial charge in [0, 0.05) is 43.3 Å². The molecule has 0 spiro atoms. The van der Waals surface area contributed by atoms with E-state index < -0.39 is 0 Å². The highest BCUT2D eigenvalue weighted by Crippen LogP contribution is 2.45. The Bertz CT molecular complexity index is 3270. The summed E-state index contributed by atoms with van der Waals surface area (Å²) < 4.78 is 5.19. The van der Waals surface area contributed by atoms with Gasteiger partial charge in [0.25, 0.3) is 0 Å². The van der Waals surface area contributed by atoms with Gasteiger partial charge in [-0.25, -0.2) is 0 Å². The van der Waals surface area contributed by atoms with Crippen LogP contribution in [0.5, 0.6) is 0 Å². The molecule has 0 bridgehead atoms. The van der Waals surface area contributed by atoms with E-state index in [0.29, 0.717) is 0 Å². The van der Waals surface area contributed by atoms with Crippen LogP contribution in [0.1, 0.15) is 26.3 Å². The third-order valence-corrected chi connectivity index (χ3v) is 13.4. The first-order chi connectivity index (χ1) is 29.9. The van der Waals surface area contributed by atoms with Crippen LogP contribution >= 0.6 is 11.3 Å². The number of rotatable bonds is 7. The van der Waals surface area contributed by atoms with Crippen LogP contribution in [0.15, 0.2) is 212 Å². The molecule has 2 heterocycles. The molecule has 3 heteroatoms. The van der Waals surface area contributed by atoms with Gasteiger partial charge in [0.1, 0.15) is 0 Å². The molecule has 0 aliphatic heterocycles. The van der Waals surface area contributed by atoms with Crippen molar-refractivity contribution in [3.8, 4) is 39.1 Å². The van der Waals surface area contributed by atoms with Gasteiger partial charge in [-0.05, 0) is 105 Å². The van der Waals surface area contributed by atoms with Gasteiger partial charge in [0.2, 0.25) is 0 Å². The van der Waals surface area contributed by atoms with Crippen LogP contribution in [0.25, 0.3) is 81.0 Å². The molecule has 0 atom stereocenters. The van der Waals surface area contributed by atoms with Crippen molar-refractivity contribution >= 4 is 70.4 Å². The Hall–Kier alpha value is -7.20. The normalized spacial score (nSPS) is 11.9. The Morgan fingerprint density at radius 3 is 1.38 bits per heavy atom. The number of thiophene rings is 1. The minimum atomic E-state index is 0.0581. The summed E-state index contributed by atoms with van der Waals surface area (Å²) in [5.41, 5.74) is 15.7. The largest absolute Gasteiger partial charge is 0.311 e. The van der Waals surface area contributed by atoms with E-state index in [-0.39, 0.29) is 5.41 Å². The molecule has 0 saturated carbocycles. The quantitative estimate of drug-likeness (QED) is 0.156. The predicted molar refractivity (Wildman–Crippen MR) is 263 cm³/mol. The lowest BCUT2D eigenvalue weighted by molar-refractivity contribution is 0.597. The first kappa shape index (κ1) is 36.8. The van der Waals surface area contributed by atoms with E-state index in [2.05, 4.69) is 243 Å². The summed E-state index contributed by atoms with van der Waals surface area (Å²) in [7, 11) is 0. The number of hydrogen-bond donors (Lipinski definition) is 0. The summed E-state index contributed by atoms with van der Waals surface area (Å²) in [6.45, 7) is 6.95. The average Bonchev–Trinajstić information content (AvgIpc) is 3.86. The van der Waals surface area contributed by atoms with E-state index in [0.717, 1.165) is 17.1 Å². The molecule has 2 nitrogen and oxygen atoms in total. The molecule has 0 N–H and O–H groups in total. The summed E-state index contributed by atoms with van der Waals surface area (Å²) in [5, 5.41) is 5.17. The molecule has 9 aromatic carbocycles. The lowest BCUT2D eigenvalue weighted by Gasteiger charge is -2.26. The monoisotopic (exact) mass is 800 g/mol. The molecule has 0 saturated heterocycles. The summed E-state index contributed by atoms with van der Waals surface area (Å²) >= 11 is 1.93. The molecular weight excluding hydrogens is 757 g/mol. The van der Waals surface area contributed by atoms with Crippen LogP contribution in [-0.2, 0) is 5.41 Å². The van der Waals surface area contributed by atoms with E-state index in [4.69, 9.17) is 0 Å². The van der Waals surface area contributed by atoms with Gasteiger partial charge in [0.15, 0.2) is 0 Å². The Morgan fingerprint density at radius 1 is 0.361 bits per heavy atom. The van der Waals surface area contributed by atoms with Crippen molar-refractivity contribution < 1.29 is 0 Å². The van der Waals surface area contributed by atoms with Crippen LogP contribution < -0.4 is 4.90 Å². The fraction of sp³-hybridized carbons (Fsp3) is 0.0690. The number of anilines is 3. The van der Waals surface area contributed by atoms with E-state index in [1.54, 1.807) is 0 Å². The molecule has 0 fully saturated rings. The number of nitrogens with zero attached hydrogens (tertiary/aromatic N) is 2. The molecule has 0 aliphatic carbocycles. The number of fused-ring (bicyclic) bond motifs is 6. The van der Waals surface area contributed by atoms with Gasteiger partial charge in [-0.3, -0.25) is 0 Å². The van der Waals surface area contributed by atoms with E-state index in [1.165, 1.54) is 86.6 Å². The minimum Gasteiger partial charge on any atom is -0.311 e. The van der Waals surface area contributed by atoms with Gasteiger partial charge in [0.05, 0.1) is 21.4 Å². The zero-order valence-electron chi connectivity index (χ0n) is 34.5. The van der Waals surface area contributed by atoms with Crippen molar-refractivity contribution in [1.29, 1.82) is 0 Å². The van der Waals surface area contributed by atoms with Crippen molar-refractivity contribution in [1.82, 2.24) is 4.57 Å². The lowest BCUT2D eigenvalue weighted by Crippen LogP contribution is -2.10. The summed E-state index contributed by atoms with van der Waals surface area (Å²) in [4.78, 5) is 2.35. The third-order valence-electron chi connectivity index (χ3n) is 12.1. The smallest absolute Gasteiger partial charge is 0.0640 e. The summed E-state index contributed by atoms with van der Waals surface area (Å²) in [5.74, 6) is 0. The Labute approximate surface area is 361 Å². The molecule has 0 radical (unpaired) electrons. The lowest BCUT2D eigenvalue weighted by atomic mass is 9.86. The molecular formula is C58H44N2S. The zero-order valence-corrected chi connectivity index (χ0v) is 35.3. The van der Waals surface area contributed by atoms with Crippen molar-refractivity contribution in [2.45, 2.75) is 26.2 Å². The van der Waals surface area contributed by atoms with Crippen LogP contribution in [0.3, 0.4) is 0 Å². The minimum absolute atomic E-state index is 0.0581. The van der Waals surface area contributed by atoms with E-state index >= 15 is 0 Å². The molecule has 11 aromatic rings. The number of benzene rings is 9. The molecule has 0 unspecified atom stereocenters. The zero-order chi connectivity index (χ0) is 41.1. The van der Waals surface area contributed by atoms with Gasteiger partial charge < -0.3 is 9.47 Å². The Kier molecular flexibility index (Phi) is 8.95. The maximum Gasteiger partial charge on any atom is 0.0640 e. The van der Waals surface area contributed by atoms with Crippen LogP contribution in [0.2, 0.25) is 0 Å². The number of para-hydroxylation sites is 1. The first-order valence-corrected chi connectivity index (χ1v) is 21.9. The second-order valence-corrected chi connectivity index (χ2v) is 18.0. The van der Waals surface area contributed by atoms with Crippen LogP contribution in [0, 0.1) is 0 Å². The van der Waals surface area contributed by atoms with Crippen LogP contribution in [0.4, 0.5) is 17.1 Å². The van der Waals surface area contributed by atoms with Crippen molar-refractivity contribution in [3.05, 3.63) is 218 Å². The maximum atomic E-state index is 2.48.